The molecule has 8 nitrogen and oxygen atoms in total. The fourth-order valence-electron chi connectivity index (χ4n) is 3.01. The van der Waals surface area contributed by atoms with Crippen molar-refractivity contribution in [3.63, 3.8) is 0 Å². The summed E-state index contributed by atoms with van der Waals surface area (Å²) < 4.78 is 15.1. The van der Waals surface area contributed by atoms with Crippen molar-refractivity contribution in [1.29, 1.82) is 0 Å². The van der Waals surface area contributed by atoms with Gasteiger partial charge in [0.15, 0.2) is 0 Å². The van der Waals surface area contributed by atoms with Crippen LogP contribution in [0.4, 0.5) is 5.69 Å². The van der Waals surface area contributed by atoms with Crippen LogP contribution in [0, 0.1) is 0 Å². The van der Waals surface area contributed by atoms with Gasteiger partial charge in [0.05, 0.1) is 32.0 Å². The van der Waals surface area contributed by atoms with E-state index in [2.05, 4.69) is 0 Å². The number of carboxylic acid groups (broad SMARTS) is 1. The third-order valence-electron chi connectivity index (χ3n) is 4.46. The molecule has 1 N–H and O–H groups in total. The number of esters is 2. The molecule has 0 saturated carbocycles. The Kier molecular flexibility index (Phi) is 5.94. The van der Waals surface area contributed by atoms with Crippen LogP contribution >= 0.6 is 0 Å². The number of benzene rings is 2. The van der Waals surface area contributed by atoms with Gasteiger partial charge in [-0.3, -0.25) is 0 Å². The zero-order valence-electron chi connectivity index (χ0n) is 15.9. The first-order valence-corrected chi connectivity index (χ1v) is 8.65. The Labute approximate surface area is 166 Å². The number of carbonyl (C=O) groups is 3. The molecule has 0 fully saturated rings. The summed E-state index contributed by atoms with van der Waals surface area (Å²) in [5.74, 6) is -2.35. The molecule has 0 aromatic heterocycles. The normalized spacial score (nSPS) is 13.8. The number of methoxy groups -OCH3 is 2. The van der Waals surface area contributed by atoms with Crippen LogP contribution in [0.1, 0.15) is 10.4 Å². The van der Waals surface area contributed by atoms with Crippen LogP contribution in [-0.2, 0) is 23.8 Å². The second-order valence-electron chi connectivity index (χ2n) is 6.15. The molecular formula is C21H19NO7. The Morgan fingerprint density at radius 3 is 2.28 bits per heavy atom. The van der Waals surface area contributed by atoms with Crippen molar-refractivity contribution in [2.45, 2.75) is 0 Å². The van der Waals surface area contributed by atoms with Crippen molar-refractivity contribution in [3.8, 4) is 11.1 Å². The van der Waals surface area contributed by atoms with Crippen molar-refractivity contribution in [2.75, 3.05) is 32.5 Å². The highest BCUT2D eigenvalue weighted by molar-refractivity contribution is 6.03. The molecule has 0 saturated heterocycles. The van der Waals surface area contributed by atoms with E-state index in [9.17, 15) is 14.4 Å². The van der Waals surface area contributed by atoms with Gasteiger partial charge >= 0.3 is 17.9 Å². The predicted molar refractivity (Wildman–Crippen MR) is 103 cm³/mol. The molecular weight excluding hydrogens is 378 g/mol. The Morgan fingerprint density at radius 1 is 0.966 bits per heavy atom. The van der Waals surface area contributed by atoms with Crippen molar-refractivity contribution in [3.05, 3.63) is 65.4 Å². The van der Waals surface area contributed by atoms with Gasteiger partial charge in [0.25, 0.3) is 0 Å². The number of rotatable bonds is 5. The average Bonchev–Trinajstić information content (AvgIpc) is 2.77. The molecule has 0 unspecified atom stereocenters. The predicted octanol–water partition coefficient (Wildman–Crippen LogP) is 2.45. The molecule has 0 atom stereocenters. The minimum absolute atomic E-state index is 0.0479. The maximum Gasteiger partial charge on any atom is 0.355 e. The van der Waals surface area contributed by atoms with E-state index in [4.69, 9.17) is 19.3 Å². The lowest BCUT2D eigenvalue weighted by Gasteiger charge is -2.31. The van der Waals surface area contributed by atoms with Crippen LogP contribution in [-0.4, -0.2) is 50.6 Å². The summed E-state index contributed by atoms with van der Waals surface area (Å²) >= 11 is 0. The summed E-state index contributed by atoms with van der Waals surface area (Å²) in [4.78, 5) is 37.1. The van der Waals surface area contributed by atoms with Gasteiger partial charge in [-0.1, -0.05) is 24.3 Å². The highest BCUT2D eigenvalue weighted by Gasteiger charge is 2.32. The van der Waals surface area contributed by atoms with Crippen molar-refractivity contribution < 1.29 is 33.7 Å². The van der Waals surface area contributed by atoms with E-state index in [0.29, 0.717) is 5.69 Å². The fraction of sp³-hybridized carbons (Fsp3) is 0.190. The van der Waals surface area contributed by atoms with Crippen LogP contribution in [0.3, 0.4) is 0 Å². The molecule has 0 bridgehead atoms. The zero-order chi connectivity index (χ0) is 21.0. The standard InChI is InChI=1S/C21H19NO7/c1-27-20(25)17-11-29-12-22(18(17)21(26)28-2)16-5-3-4-15(10-16)13-6-8-14(9-7-13)19(23)24/h3-10H,11-12H2,1-2H3,(H,23,24). The summed E-state index contributed by atoms with van der Waals surface area (Å²) in [5.41, 5.74) is 2.52. The fourth-order valence-corrected chi connectivity index (χ4v) is 3.01. The van der Waals surface area contributed by atoms with Gasteiger partial charge in [0.1, 0.15) is 12.4 Å². The van der Waals surface area contributed by atoms with Crippen LogP contribution in [0.2, 0.25) is 0 Å². The molecule has 29 heavy (non-hydrogen) atoms. The SMILES string of the molecule is COC(=O)C1=C(C(=O)OC)N(c2cccc(-c3ccc(C(=O)O)cc3)c2)COC1. The van der Waals surface area contributed by atoms with Gasteiger partial charge < -0.3 is 24.2 Å². The molecule has 3 rings (SSSR count). The van der Waals surface area contributed by atoms with Gasteiger partial charge in [-0.25, -0.2) is 14.4 Å². The quantitative estimate of drug-likeness (QED) is 0.768. The molecule has 1 aliphatic rings. The lowest BCUT2D eigenvalue weighted by atomic mass is 10.0. The Balaban J connectivity index is 2.03. The molecule has 150 valence electrons. The van der Waals surface area contributed by atoms with Gasteiger partial charge in [0.2, 0.25) is 0 Å². The Bertz CT molecular complexity index is 979. The first-order valence-electron chi connectivity index (χ1n) is 8.65. The van der Waals surface area contributed by atoms with Gasteiger partial charge in [-0.05, 0) is 35.4 Å². The average molecular weight is 397 g/mol. The number of anilines is 1. The first-order chi connectivity index (χ1) is 14.0. The van der Waals surface area contributed by atoms with E-state index in [1.54, 1.807) is 24.3 Å². The molecule has 1 aliphatic heterocycles. The smallest absolute Gasteiger partial charge is 0.355 e. The maximum atomic E-state index is 12.4. The first kappa shape index (κ1) is 20.1. The third kappa shape index (κ3) is 4.12. The van der Waals surface area contributed by atoms with E-state index in [1.165, 1.54) is 31.3 Å². The maximum absolute atomic E-state index is 12.4. The van der Waals surface area contributed by atoms with Crippen molar-refractivity contribution in [1.82, 2.24) is 0 Å². The Hall–Kier alpha value is -3.65. The lowest BCUT2D eigenvalue weighted by molar-refractivity contribution is -0.140. The van der Waals surface area contributed by atoms with E-state index in [0.717, 1.165) is 11.1 Å². The van der Waals surface area contributed by atoms with Crippen molar-refractivity contribution in [2.24, 2.45) is 0 Å². The molecule has 8 heteroatoms. The highest BCUT2D eigenvalue weighted by Crippen LogP contribution is 2.30. The van der Waals surface area contributed by atoms with E-state index in [-0.39, 0.29) is 30.2 Å². The van der Waals surface area contributed by atoms with Gasteiger partial charge in [0, 0.05) is 5.69 Å². The van der Waals surface area contributed by atoms with Crippen LogP contribution in [0.25, 0.3) is 11.1 Å². The largest absolute Gasteiger partial charge is 0.478 e. The van der Waals surface area contributed by atoms with E-state index >= 15 is 0 Å². The van der Waals surface area contributed by atoms with Gasteiger partial charge in [-0.2, -0.15) is 0 Å². The number of aromatic carboxylic acids is 1. The summed E-state index contributed by atoms with van der Waals surface area (Å²) in [5, 5.41) is 9.05. The zero-order valence-corrected chi connectivity index (χ0v) is 15.9. The molecule has 0 aliphatic carbocycles. The molecule has 0 radical (unpaired) electrons. The van der Waals surface area contributed by atoms with Crippen LogP contribution in [0.15, 0.2) is 59.8 Å². The van der Waals surface area contributed by atoms with Crippen LogP contribution < -0.4 is 4.90 Å². The lowest BCUT2D eigenvalue weighted by Crippen LogP contribution is -2.38. The van der Waals surface area contributed by atoms with Crippen LogP contribution in [0.5, 0.6) is 0 Å². The molecule has 0 spiro atoms. The highest BCUT2D eigenvalue weighted by atomic mass is 16.5. The molecule has 2 aromatic rings. The second kappa shape index (κ2) is 8.57. The molecule has 1 heterocycles. The minimum atomic E-state index is -1.00. The molecule has 2 aromatic carbocycles. The second-order valence-corrected chi connectivity index (χ2v) is 6.15. The molecule has 0 amide bonds. The van der Waals surface area contributed by atoms with Gasteiger partial charge in [-0.15, -0.1) is 0 Å². The Morgan fingerprint density at radius 2 is 1.66 bits per heavy atom. The summed E-state index contributed by atoms with van der Waals surface area (Å²) in [6.45, 7) is -0.0176. The number of nitrogens with zero attached hydrogens (tertiary/aromatic N) is 1. The topological polar surface area (TPSA) is 102 Å². The number of hydrogen-bond donors (Lipinski definition) is 1. The number of carboxylic acids is 1. The minimum Gasteiger partial charge on any atom is -0.478 e. The summed E-state index contributed by atoms with van der Waals surface area (Å²) in [6, 6.07) is 13.7. The summed E-state index contributed by atoms with van der Waals surface area (Å²) in [7, 11) is 2.46. The third-order valence-corrected chi connectivity index (χ3v) is 4.46. The monoisotopic (exact) mass is 397 g/mol. The number of ether oxygens (including phenoxy) is 3. The number of hydrogen-bond acceptors (Lipinski definition) is 7. The van der Waals surface area contributed by atoms with E-state index in [1.807, 2.05) is 12.1 Å². The number of carbonyl (C=O) groups excluding carboxylic acids is 2. The van der Waals surface area contributed by atoms with Crippen molar-refractivity contribution >= 4 is 23.6 Å². The van der Waals surface area contributed by atoms with E-state index < -0.39 is 17.9 Å². The summed E-state index contributed by atoms with van der Waals surface area (Å²) in [6.07, 6.45) is 0.